The Balaban J connectivity index is 1.59. The Bertz CT molecular complexity index is 742. The summed E-state index contributed by atoms with van der Waals surface area (Å²) in [6, 6.07) is 15.9. The average Bonchev–Trinajstić information content (AvgIpc) is 2.72. The largest absolute Gasteiger partial charge is 0.497 e. The molecule has 1 fully saturated rings. The molecule has 138 valence electrons. The monoisotopic (exact) mass is 356 g/mol. The molecule has 0 atom stereocenters. The lowest BCUT2D eigenvalue weighted by atomic mass is 10.2. The van der Waals surface area contributed by atoms with Gasteiger partial charge >= 0.3 is 6.09 Å². The molecule has 6 heteroatoms. The maximum atomic E-state index is 11.6. The quantitative estimate of drug-likeness (QED) is 0.824. The highest BCUT2D eigenvalue weighted by molar-refractivity contribution is 5.68. The molecule has 26 heavy (non-hydrogen) atoms. The molecule has 1 aliphatic heterocycles. The number of piperazine rings is 1. The van der Waals surface area contributed by atoms with E-state index in [1.54, 1.807) is 12.0 Å². The second-order valence-electron chi connectivity index (χ2n) is 6.08. The number of methoxy groups -OCH3 is 2. The molecule has 1 aliphatic rings. The van der Waals surface area contributed by atoms with Crippen LogP contribution in [0.2, 0.25) is 0 Å². The van der Waals surface area contributed by atoms with Crippen LogP contribution in [0.15, 0.2) is 48.5 Å². The summed E-state index contributed by atoms with van der Waals surface area (Å²) >= 11 is 0. The molecular formula is C20H24N2O4. The number of anilines is 1. The highest BCUT2D eigenvalue weighted by atomic mass is 16.5. The van der Waals surface area contributed by atoms with E-state index in [1.165, 1.54) is 7.11 Å². The normalized spacial score (nSPS) is 14.1. The SMILES string of the molecule is COC(=O)N1CCN(c2cccc(OCc3cccc(OC)c3)c2)CC1. The Labute approximate surface area is 153 Å². The zero-order valence-electron chi connectivity index (χ0n) is 15.2. The van der Waals surface area contributed by atoms with E-state index in [2.05, 4.69) is 11.0 Å². The number of nitrogens with zero attached hydrogens (tertiary/aromatic N) is 2. The van der Waals surface area contributed by atoms with E-state index in [0.29, 0.717) is 19.7 Å². The third-order valence-corrected chi connectivity index (χ3v) is 4.43. The molecule has 0 aliphatic carbocycles. The molecule has 6 nitrogen and oxygen atoms in total. The number of carbonyl (C=O) groups excluding carboxylic acids is 1. The fraction of sp³-hybridized carbons (Fsp3) is 0.350. The van der Waals surface area contributed by atoms with E-state index in [-0.39, 0.29) is 6.09 Å². The number of amides is 1. The van der Waals surface area contributed by atoms with Gasteiger partial charge < -0.3 is 24.0 Å². The van der Waals surface area contributed by atoms with Crippen molar-refractivity contribution in [2.75, 3.05) is 45.3 Å². The van der Waals surface area contributed by atoms with Crippen molar-refractivity contribution in [2.45, 2.75) is 6.61 Å². The molecule has 0 unspecified atom stereocenters. The van der Waals surface area contributed by atoms with E-state index < -0.39 is 0 Å². The molecular weight excluding hydrogens is 332 g/mol. The summed E-state index contributed by atoms with van der Waals surface area (Å²) in [4.78, 5) is 15.6. The topological polar surface area (TPSA) is 51.2 Å². The number of hydrogen-bond acceptors (Lipinski definition) is 5. The number of benzene rings is 2. The van der Waals surface area contributed by atoms with Gasteiger partial charge in [-0.05, 0) is 29.8 Å². The van der Waals surface area contributed by atoms with Crippen molar-refractivity contribution in [2.24, 2.45) is 0 Å². The number of carbonyl (C=O) groups is 1. The Hall–Kier alpha value is -2.89. The van der Waals surface area contributed by atoms with Crippen LogP contribution >= 0.6 is 0 Å². The van der Waals surface area contributed by atoms with E-state index in [4.69, 9.17) is 14.2 Å². The lowest BCUT2D eigenvalue weighted by molar-refractivity contribution is 0.121. The van der Waals surface area contributed by atoms with Gasteiger partial charge in [-0.1, -0.05) is 18.2 Å². The first-order valence-corrected chi connectivity index (χ1v) is 8.63. The summed E-state index contributed by atoms with van der Waals surface area (Å²) in [6.45, 7) is 3.34. The van der Waals surface area contributed by atoms with Crippen molar-refractivity contribution in [1.82, 2.24) is 4.90 Å². The van der Waals surface area contributed by atoms with Crippen LogP contribution in [-0.2, 0) is 11.3 Å². The molecule has 2 aromatic carbocycles. The summed E-state index contributed by atoms with van der Waals surface area (Å²) in [5.41, 5.74) is 2.15. The lowest BCUT2D eigenvalue weighted by Gasteiger charge is -2.35. The Morgan fingerprint density at radius 3 is 2.42 bits per heavy atom. The number of ether oxygens (including phenoxy) is 3. The van der Waals surface area contributed by atoms with Crippen molar-refractivity contribution in [3.05, 3.63) is 54.1 Å². The van der Waals surface area contributed by atoms with Gasteiger partial charge in [-0.2, -0.15) is 0 Å². The molecule has 0 saturated carbocycles. The van der Waals surface area contributed by atoms with Gasteiger partial charge in [0.05, 0.1) is 14.2 Å². The van der Waals surface area contributed by atoms with Crippen LogP contribution in [0.3, 0.4) is 0 Å². The van der Waals surface area contributed by atoms with Crippen LogP contribution in [0, 0.1) is 0 Å². The van der Waals surface area contributed by atoms with E-state index in [9.17, 15) is 4.79 Å². The molecule has 0 radical (unpaired) electrons. The van der Waals surface area contributed by atoms with Crippen molar-refractivity contribution in [3.63, 3.8) is 0 Å². The van der Waals surface area contributed by atoms with Gasteiger partial charge in [0, 0.05) is 37.9 Å². The molecule has 3 rings (SSSR count). The predicted molar refractivity (Wildman–Crippen MR) is 100.0 cm³/mol. The van der Waals surface area contributed by atoms with Crippen molar-refractivity contribution >= 4 is 11.8 Å². The first kappa shape index (κ1) is 17.9. The van der Waals surface area contributed by atoms with Crippen LogP contribution in [0.5, 0.6) is 11.5 Å². The molecule has 1 amide bonds. The van der Waals surface area contributed by atoms with Crippen molar-refractivity contribution < 1.29 is 19.0 Å². The van der Waals surface area contributed by atoms with E-state index in [1.807, 2.05) is 42.5 Å². The Morgan fingerprint density at radius 1 is 0.962 bits per heavy atom. The van der Waals surface area contributed by atoms with Crippen LogP contribution < -0.4 is 14.4 Å². The smallest absolute Gasteiger partial charge is 0.409 e. The molecule has 0 spiro atoms. The summed E-state index contributed by atoms with van der Waals surface area (Å²) < 4.78 is 16.0. The first-order valence-electron chi connectivity index (χ1n) is 8.63. The third kappa shape index (κ3) is 4.39. The minimum Gasteiger partial charge on any atom is -0.497 e. The zero-order chi connectivity index (χ0) is 18.4. The predicted octanol–water partition coefficient (Wildman–Crippen LogP) is 3.16. The Morgan fingerprint density at radius 2 is 1.69 bits per heavy atom. The maximum absolute atomic E-state index is 11.6. The van der Waals surface area contributed by atoms with Gasteiger partial charge in [-0.3, -0.25) is 0 Å². The van der Waals surface area contributed by atoms with E-state index >= 15 is 0 Å². The van der Waals surface area contributed by atoms with Crippen molar-refractivity contribution in [3.8, 4) is 11.5 Å². The van der Waals surface area contributed by atoms with Gasteiger partial charge in [0.25, 0.3) is 0 Å². The number of rotatable bonds is 5. The molecule has 1 heterocycles. The van der Waals surface area contributed by atoms with Gasteiger partial charge in [0.1, 0.15) is 18.1 Å². The lowest BCUT2D eigenvalue weighted by Crippen LogP contribution is -2.48. The fourth-order valence-electron chi connectivity index (χ4n) is 2.98. The summed E-state index contributed by atoms with van der Waals surface area (Å²) in [5, 5.41) is 0. The van der Waals surface area contributed by atoms with Crippen molar-refractivity contribution in [1.29, 1.82) is 0 Å². The zero-order valence-corrected chi connectivity index (χ0v) is 15.2. The first-order chi connectivity index (χ1) is 12.7. The summed E-state index contributed by atoms with van der Waals surface area (Å²) in [7, 11) is 3.07. The molecule has 0 bridgehead atoms. The van der Waals surface area contributed by atoms with Gasteiger partial charge in [-0.15, -0.1) is 0 Å². The highest BCUT2D eigenvalue weighted by Crippen LogP contribution is 2.24. The summed E-state index contributed by atoms with van der Waals surface area (Å²) in [5.74, 6) is 1.64. The van der Waals surface area contributed by atoms with Crippen LogP contribution in [-0.4, -0.2) is 51.4 Å². The fourth-order valence-corrected chi connectivity index (χ4v) is 2.98. The molecule has 0 N–H and O–H groups in total. The number of hydrogen-bond donors (Lipinski definition) is 0. The van der Waals surface area contributed by atoms with Crippen LogP contribution in [0.25, 0.3) is 0 Å². The van der Waals surface area contributed by atoms with Gasteiger partial charge in [0.2, 0.25) is 0 Å². The van der Waals surface area contributed by atoms with E-state index in [0.717, 1.165) is 35.8 Å². The standard InChI is InChI=1S/C20H24N2O4/c1-24-18-7-3-5-16(13-18)15-26-19-8-4-6-17(14-19)21-9-11-22(12-10-21)20(23)25-2/h3-8,13-14H,9-12,15H2,1-2H3. The Kier molecular flexibility index (Phi) is 5.84. The van der Waals surface area contributed by atoms with Crippen LogP contribution in [0.1, 0.15) is 5.56 Å². The third-order valence-electron chi connectivity index (χ3n) is 4.43. The minimum atomic E-state index is -0.264. The minimum absolute atomic E-state index is 0.264. The highest BCUT2D eigenvalue weighted by Gasteiger charge is 2.21. The maximum Gasteiger partial charge on any atom is 0.409 e. The molecule has 0 aromatic heterocycles. The summed E-state index contributed by atoms with van der Waals surface area (Å²) in [6.07, 6.45) is -0.264. The van der Waals surface area contributed by atoms with Crippen LogP contribution in [0.4, 0.5) is 10.5 Å². The van der Waals surface area contributed by atoms with Gasteiger partial charge in [0.15, 0.2) is 0 Å². The van der Waals surface area contributed by atoms with Gasteiger partial charge in [-0.25, -0.2) is 4.79 Å². The second-order valence-corrected chi connectivity index (χ2v) is 6.08. The average molecular weight is 356 g/mol. The molecule has 2 aromatic rings. The second kappa shape index (κ2) is 8.47. The molecule has 1 saturated heterocycles.